The van der Waals surface area contributed by atoms with Crippen molar-refractivity contribution in [3.05, 3.63) is 74.9 Å². The highest BCUT2D eigenvalue weighted by atomic mass is 35.5. The fourth-order valence-electron chi connectivity index (χ4n) is 4.89. The third-order valence-electron chi connectivity index (χ3n) is 7.64. The van der Waals surface area contributed by atoms with Crippen molar-refractivity contribution in [2.75, 3.05) is 12.3 Å². The van der Waals surface area contributed by atoms with Crippen molar-refractivity contribution in [2.24, 2.45) is 13.0 Å². The maximum Gasteiger partial charge on any atom is 0.387 e. The molecule has 3 aromatic heterocycles. The molecular formula is C30H31Cl2F2N5O7S2. The fourth-order valence-corrected chi connectivity index (χ4v) is 8.50. The molecule has 0 unspecified atom stereocenters. The van der Waals surface area contributed by atoms with Gasteiger partial charge < -0.3 is 19.8 Å². The number of esters is 1. The monoisotopic (exact) mass is 745 g/mol. The van der Waals surface area contributed by atoms with Crippen LogP contribution in [-0.2, 0) is 33.0 Å². The molecule has 258 valence electrons. The van der Waals surface area contributed by atoms with Gasteiger partial charge in [-0.05, 0) is 36.6 Å². The minimum atomic E-state index is -4.23. The van der Waals surface area contributed by atoms with Crippen LogP contribution in [0.5, 0.6) is 11.5 Å². The molecule has 1 aliphatic heterocycles. The number of alkyl halides is 2. The number of phenolic OH excluding ortho intramolecular Hbond substituents is 1. The second-order valence-electron chi connectivity index (χ2n) is 11.3. The molecule has 0 bridgehead atoms. The molecule has 2 atom stereocenters. The Bertz CT molecular complexity index is 1920. The highest BCUT2D eigenvalue weighted by Crippen LogP contribution is 2.38. The van der Waals surface area contributed by atoms with Gasteiger partial charge in [0.25, 0.3) is 0 Å². The van der Waals surface area contributed by atoms with Gasteiger partial charge in [0.15, 0.2) is 34.9 Å². The molecular weight excluding hydrogens is 715 g/mol. The normalized spacial score (nSPS) is 17.3. The molecule has 0 amide bonds. The average Bonchev–Trinajstić information content (AvgIpc) is 3.52. The molecule has 4 aromatic rings. The van der Waals surface area contributed by atoms with E-state index < -0.39 is 45.6 Å². The van der Waals surface area contributed by atoms with E-state index in [1.807, 2.05) is 0 Å². The number of fused-ring (bicyclic) bond motifs is 1. The number of sulfonamides is 1. The number of benzene rings is 1. The molecule has 6 rings (SSSR count). The van der Waals surface area contributed by atoms with Crippen LogP contribution in [0.2, 0.25) is 10.0 Å². The molecule has 2 fully saturated rings. The lowest BCUT2D eigenvalue weighted by Gasteiger charge is -2.25. The van der Waals surface area contributed by atoms with Crippen LogP contribution in [0.25, 0.3) is 11.0 Å². The van der Waals surface area contributed by atoms with Gasteiger partial charge in [-0.25, -0.2) is 18.2 Å². The van der Waals surface area contributed by atoms with Crippen molar-refractivity contribution in [3.63, 3.8) is 0 Å². The molecule has 48 heavy (non-hydrogen) atoms. The van der Waals surface area contributed by atoms with Gasteiger partial charge in [0.2, 0.25) is 10.0 Å². The van der Waals surface area contributed by atoms with E-state index in [0.29, 0.717) is 21.5 Å². The molecule has 0 radical (unpaired) electrons. The number of nitrogens with zero attached hydrogens (tertiary/aromatic N) is 5. The topological polar surface area (TPSA) is 151 Å². The number of hydrogen-bond acceptors (Lipinski definition) is 10. The largest absolute Gasteiger partial charge is 0.619 e. The van der Waals surface area contributed by atoms with Crippen molar-refractivity contribution in [2.45, 2.75) is 56.1 Å². The summed E-state index contributed by atoms with van der Waals surface area (Å²) >= 11 is 13.5. The SMILES string of the molecule is CC1CC1.Cc1nn(C)c2ncc(S(=O)(=O)N3CCS[C@H]3C(=O)O[C@@H](Cc3c(Cl)c[n+]([O-])cc3Cl)c3ccc(OC(F)F)c(O)c3)cc12. The molecule has 1 saturated heterocycles. The van der Waals surface area contributed by atoms with E-state index in [9.17, 15) is 32.3 Å². The van der Waals surface area contributed by atoms with Crippen LogP contribution in [0.15, 0.2) is 47.8 Å². The van der Waals surface area contributed by atoms with E-state index in [1.165, 1.54) is 35.9 Å². The van der Waals surface area contributed by atoms with E-state index in [4.69, 9.17) is 27.9 Å². The third-order valence-corrected chi connectivity index (χ3v) is 11.4. The zero-order valence-corrected chi connectivity index (χ0v) is 29.0. The Morgan fingerprint density at radius 3 is 2.50 bits per heavy atom. The zero-order chi connectivity index (χ0) is 34.9. The Hall–Kier alpha value is -3.44. The summed E-state index contributed by atoms with van der Waals surface area (Å²) in [5.74, 6) is -0.761. The van der Waals surface area contributed by atoms with Crippen molar-refractivity contribution in [3.8, 4) is 11.5 Å². The van der Waals surface area contributed by atoms with Crippen LogP contribution in [0.3, 0.4) is 0 Å². The summed E-state index contributed by atoms with van der Waals surface area (Å²) in [7, 11) is -2.54. The summed E-state index contributed by atoms with van der Waals surface area (Å²) in [6.45, 7) is 0.798. The Morgan fingerprint density at radius 2 is 1.90 bits per heavy atom. The molecule has 2 aliphatic rings. The number of ether oxygens (including phenoxy) is 2. The summed E-state index contributed by atoms with van der Waals surface area (Å²) in [5, 5.41) is 25.5. The first-order valence-corrected chi connectivity index (χ1v) is 17.9. The summed E-state index contributed by atoms with van der Waals surface area (Å²) < 4.78 is 65.9. The molecule has 1 N–H and O–H groups in total. The standard InChI is InChI=1S/C26H23Cl2F2N5O7S2.C4H8/c1-13-16-8-15(10-31-23(16)33(2)32-13)44(39,40)35-5-6-43-24(35)25(37)41-22(9-17-18(27)11-34(38)12-19(17)28)14-3-4-21(20(36)7-14)42-26(29)30;1-4-2-3-4/h3-4,7-8,10-12,22,24,26,36H,5-6,9H2,1-2H3;4H,2-3H2,1H3/t22-,24-;/m0./s1. The third kappa shape index (κ3) is 8.05. The first kappa shape index (κ1) is 35.9. The maximum absolute atomic E-state index is 13.7. The van der Waals surface area contributed by atoms with Crippen LogP contribution in [0.1, 0.15) is 42.7 Å². The van der Waals surface area contributed by atoms with Crippen LogP contribution >= 0.6 is 35.0 Å². The molecule has 1 aromatic carbocycles. The highest BCUT2D eigenvalue weighted by molar-refractivity contribution is 8.02. The summed E-state index contributed by atoms with van der Waals surface area (Å²) in [4.78, 5) is 17.7. The van der Waals surface area contributed by atoms with Crippen molar-refractivity contribution >= 4 is 62.0 Å². The Kier molecular flexibility index (Phi) is 10.9. The molecule has 4 heterocycles. The lowest BCUT2D eigenvalue weighted by molar-refractivity contribution is -0.605. The molecule has 18 heteroatoms. The number of aromatic hydroxyl groups is 1. The van der Waals surface area contributed by atoms with Crippen LogP contribution in [0.4, 0.5) is 8.78 Å². The maximum atomic E-state index is 13.7. The van der Waals surface area contributed by atoms with Gasteiger partial charge in [0.05, 0.1) is 5.69 Å². The van der Waals surface area contributed by atoms with Crippen LogP contribution in [0, 0.1) is 18.0 Å². The van der Waals surface area contributed by atoms with Gasteiger partial charge in [-0.1, -0.05) is 49.0 Å². The van der Waals surface area contributed by atoms with Gasteiger partial charge in [-0.15, -0.1) is 11.8 Å². The van der Waals surface area contributed by atoms with E-state index >= 15 is 0 Å². The number of halogens is 4. The van der Waals surface area contributed by atoms with E-state index in [1.54, 1.807) is 14.0 Å². The summed E-state index contributed by atoms with van der Waals surface area (Å²) in [6, 6.07) is 4.84. The number of thioether (sulfide) groups is 1. The second-order valence-corrected chi connectivity index (χ2v) is 15.2. The van der Waals surface area contributed by atoms with Gasteiger partial charge in [-0.3, -0.25) is 4.68 Å². The molecule has 0 spiro atoms. The molecule has 1 saturated carbocycles. The van der Waals surface area contributed by atoms with Gasteiger partial charge in [0, 0.05) is 42.9 Å². The predicted molar refractivity (Wildman–Crippen MR) is 174 cm³/mol. The molecule has 1 aliphatic carbocycles. The van der Waals surface area contributed by atoms with E-state index in [0.717, 1.165) is 46.5 Å². The van der Waals surface area contributed by atoms with Crippen molar-refractivity contribution < 1.29 is 41.3 Å². The minimum Gasteiger partial charge on any atom is -0.619 e. The Balaban J connectivity index is 0.00000105. The fraction of sp³-hybridized carbons (Fsp3) is 0.400. The molecule has 12 nitrogen and oxygen atoms in total. The number of hydrogen-bond donors (Lipinski definition) is 1. The average molecular weight is 747 g/mol. The van der Waals surface area contributed by atoms with Gasteiger partial charge in [-0.2, -0.15) is 22.9 Å². The predicted octanol–water partition coefficient (Wildman–Crippen LogP) is 5.53. The highest BCUT2D eigenvalue weighted by Gasteiger charge is 2.42. The summed E-state index contributed by atoms with van der Waals surface area (Å²) in [5.41, 5.74) is 1.41. The van der Waals surface area contributed by atoms with Crippen molar-refractivity contribution in [1.29, 1.82) is 0 Å². The zero-order valence-electron chi connectivity index (χ0n) is 25.8. The number of aromatic nitrogens is 4. The van der Waals surface area contributed by atoms with Crippen molar-refractivity contribution in [1.82, 2.24) is 19.1 Å². The van der Waals surface area contributed by atoms with Gasteiger partial charge in [0.1, 0.15) is 21.0 Å². The second kappa shape index (κ2) is 14.6. The minimum absolute atomic E-state index is 0.00177. The van der Waals surface area contributed by atoms with Gasteiger partial charge >= 0.3 is 12.6 Å². The first-order chi connectivity index (χ1) is 22.6. The van der Waals surface area contributed by atoms with E-state index in [-0.39, 0.29) is 44.8 Å². The smallest absolute Gasteiger partial charge is 0.387 e. The number of carbonyl (C=O) groups excluding carboxylic acids is 1. The van der Waals surface area contributed by atoms with E-state index in [2.05, 4.69) is 21.7 Å². The van der Waals surface area contributed by atoms with Crippen LogP contribution < -0.4 is 9.47 Å². The number of aryl methyl sites for hydroxylation is 2. The Labute approximate surface area is 289 Å². The lowest BCUT2D eigenvalue weighted by atomic mass is 10.0. The first-order valence-electron chi connectivity index (χ1n) is 14.6. The number of rotatable bonds is 9. The number of pyridine rings is 2. The Morgan fingerprint density at radius 1 is 1.23 bits per heavy atom. The lowest BCUT2D eigenvalue weighted by Crippen LogP contribution is -2.40. The van der Waals surface area contributed by atoms with Crippen LogP contribution in [-0.4, -0.2) is 62.8 Å². The summed E-state index contributed by atoms with van der Waals surface area (Å²) in [6.07, 6.45) is 4.77. The number of phenols is 1. The number of carbonyl (C=O) groups is 1. The quantitative estimate of drug-likeness (QED) is 0.132.